The number of aliphatic carboxylic acids is 1. The molecular weight excluding hydrogens is 272 g/mol. The molecule has 3 nitrogen and oxygen atoms in total. The van der Waals surface area contributed by atoms with Crippen LogP contribution < -0.4 is 0 Å². The van der Waals surface area contributed by atoms with Crippen molar-refractivity contribution in [3.8, 4) is 0 Å². The van der Waals surface area contributed by atoms with E-state index in [1.54, 1.807) is 26.0 Å². The number of carboxylic acid groups (broad SMARTS) is 1. The van der Waals surface area contributed by atoms with Crippen molar-refractivity contribution in [2.45, 2.75) is 20.0 Å². The fourth-order valence-corrected chi connectivity index (χ4v) is 1.91. The Hall–Kier alpha value is -0.870. The number of carboxylic acids is 1. The lowest BCUT2D eigenvalue weighted by molar-refractivity contribution is -0.144. The second kappa shape index (κ2) is 5.46. The van der Waals surface area contributed by atoms with Crippen LogP contribution in [0.3, 0.4) is 0 Å². The van der Waals surface area contributed by atoms with Crippen LogP contribution in [0, 0.1) is 11.8 Å². The van der Waals surface area contributed by atoms with Gasteiger partial charge in [-0.3, -0.25) is 4.79 Å². The van der Waals surface area contributed by atoms with Crippen LogP contribution >= 0.6 is 15.9 Å². The van der Waals surface area contributed by atoms with Crippen molar-refractivity contribution in [2.75, 3.05) is 0 Å². The lowest BCUT2D eigenvalue weighted by Gasteiger charge is -2.22. The van der Waals surface area contributed by atoms with Crippen LogP contribution in [0.5, 0.6) is 0 Å². The molecule has 16 heavy (non-hydrogen) atoms. The minimum Gasteiger partial charge on any atom is -0.481 e. The molecule has 0 spiro atoms. The Bertz CT molecular complexity index is 378. The zero-order chi connectivity index (χ0) is 12.3. The van der Waals surface area contributed by atoms with Gasteiger partial charge in [0.1, 0.15) is 0 Å². The predicted molar refractivity (Wildman–Crippen MR) is 65.1 cm³/mol. The molecule has 0 bridgehead atoms. The molecule has 2 N–H and O–H groups in total. The molecule has 0 fully saturated rings. The predicted octanol–water partition coefficient (Wildman–Crippen LogP) is 2.84. The minimum atomic E-state index is -0.887. The Morgan fingerprint density at radius 3 is 2.50 bits per heavy atom. The Morgan fingerprint density at radius 2 is 2.00 bits per heavy atom. The molecule has 0 heterocycles. The summed E-state index contributed by atoms with van der Waals surface area (Å²) in [4.78, 5) is 10.8. The summed E-state index contributed by atoms with van der Waals surface area (Å²) in [5, 5.41) is 18.9. The maximum absolute atomic E-state index is 10.8. The molecule has 4 heteroatoms. The quantitative estimate of drug-likeness (QED) is 0.895. The van der Waals surface area contributed by atoms with Crippen LogP contribution in [0.4, 0.5) is 0 Å². The van der Waals surface area contributed by atoms with Crippen LogP contribution in [-0.2, 0) is 4.79 Å². The monoisotopic (exact) mass is 286 g/mol. The lowest BCUT2D eigenvalue weighted by Crippen LogP contribution is -2.23. The van der Waals surface area contributed by atoms with Gasteiger partial charge in [0, 0.05) is 4.47 Å². The molecule has 0 saturated carbocycles. The Morgan fingerprint density at radius 1 is 1.38 bits per heavy atom. The first kappa shape index (κ1) is 13.2. The van der Waals surface area contributed by atoms with E-state index in [0.29, 0.717) is 0 Å². The van der Waals surface area contributed by atoms with Gasteiger partial charge in [-0.05, 0) is 23.6 Å². The number of halogens is 1. The third-order valence-electron chi connectivity index (χ3n) is 2.87. The van der Waals surface area contributed by atoms with Gasteiger partial charge in [0.25, 0.3) is 0 Å². The van der Waals surface area contributed by atoms with Gasteiger partial charge in [-0.15, -0.1) is 0 Å². The molecule has 0 aliphatic rings. The Kier molecular flexibility index (Phi) is 4.50. The van der Waals surface area contributed by atoms with E-state index < -0.39 is 18.0 Å². The van der Waals surface area contributed by atoms with Crippen LogP contribution in [0.15, 0.2) is 28.7 Å². The van der Waals surface area contributed by atoms with Crippen molar-refractivity contribution in [1.82, 2.24) is 0 Å². The highest BCUT2D eigenvalue weighted by Crippen LogP contribution is 2.29. The summed E-state index contributed by atoms with van der Waals surface area (Å²) >= 11 is 3.32. The number of hydrogen-bond donors (Lipinski definition) is 2. The summed E-state index contributed by atoms with van der Waals surface area (Å²) in [5.41, 5.74) is 0.731. The van der Waals surface area contributed by atoms with Crippen molar-refractivity contribution >= 4 is 21.9 Å². The van der Waals surface area contributed by atoms with Gasteiger partial charge in [0.05, 0.1) is 12.0 Å². The van der Waals surface area contributed by atoms with Crippen molar-refractivity contribution in [3.63, 3.8) is 0 Å². The number of carbonyl (C=O) groups is 1. The molecule has 0 amide bonds. The topological polar surface area (TPSA) is 57.5 Å². The summed E-state index contributed by atoms with van der Waals surface area (Å²) in [6.45, 7) is 3.35. The summed E-state index contributed by atoms with van der Waals surface area (Å²) in [6, 6.07) is 7.28. The lowest BCUT2D eigenvalue weighted by atomic mass is 9.87. The number of aliphatic hydroxyl groups excluding tert-OH is 1. The fourth-order valence-electron chi connectivity index (χ4n) is 1.49. The van der Waals surface area contributed by atoms with Gasteiger partial charge < -0.3 is 10.2 Å². The highest BCUT2D eigenvalue weighted by Gasteiger charge is 2.26. The zero-order valence-electron chi connectivity index (χ0n) is 9.22. The first-order valence-electron chi connectivity index (χ1n) is 5.09. The molecule has 0 radical (unpaired) electrons. The molecule has 1 rings (SSSR count). The van der Waals surface area contributed by atoms with E-state index in [9.17, 15) is 9.90 Å². The molecular formula is C12H15BrO3. The Labute approximate surface area is 103 Å². The molecule has 0 aromatic heterocycles. The summed E-state index contributed by atoms with van der Waals surface area (Å²) in [6.07, 6.45) is -0.761. The Balaban J connectivity index is 2.85. The average Bonchev–Trinajstić information content (AvgIpc) is 2.26. The zero-order valence-corrected chi connectivity index (χ0v) is 10.8. The minimum absolute atomic E-state index is 0.327. The third kappa shape index (κ3) is 3.06. The molecule has 1 aromatic rings. The van der Waals surface area contributed by atoms with E-state index in [4.69, 9.17) is 5.11 Å². The highest BCUT2D eigenvalue weighted by molar-refractivity contribution is 9.10. The number of benzene rings is 1. The van der Waals surface area contributed by atoms with Crippen LogP contribution in [0.2, 0.25) is 0 Å². The smallest absolute Gasteiger partial charge is 0.306 e. The van der Waals surface area contributed by atoms with Gasteiger partial charge in [-0.2, -0.15) is 0 Å². The SMILES string of the molecule is CC(C(=O)O)C(C)C(O)c1cccc(Br)c1. The van der Waals surface area contributed by atoms with Crippen LogP contribution in [-0.4, -0.2) is 16.2 Å². The van der Waals surface area contributed by atoms with Gasteiger partial charge in [-0.25, -0.2) is 0 Å². The molecule has 0 saturated heterocycles. The fraction of sp³-hybridized carbons (Fsp3) is 0.417. The first-order valence-corrected chi connectivity index (χ1v) is 5.89. The molecule has 1 aromatic carbocycles. The van der Waals surface area contributed by atoms with Crippen LogP contribution in [0.25, 0.3) is 0 Å². The van der Waals surface area contributed by atoms with Gasteiger partial charge in [0.15, 0.2) is 0 Å². The largest absolute Gasteiger partial charge is 0.481 e. The molecule has 0 aliphatic carbocycles. The van der Waals surface area contributed by atoms with E-state index in [0.717, 1.165) is 10.0 Å². The van der Waals surface area contributed by atoms with E-state index >= 15 is 0 Å². The van der Waals surface area contributed by atoms with Gasteiger partial charge in [0.2, 0.25) is 0 Å². The maximum Gasteiger partial charge on any atom is 0.306 e. The van der Waals surface area contributed by atoms with Crippen LogP contribution in [0.1, 0.15) is 25.5 Å². The van der Waals surface area contributed by atoms with Crippen molar-refractivity contribution < 1.29 is 15.0 Å². The standard InChI is InChI=1S/C12H15BrO3/c1-7(8(2)12(15)16)11(14)9-4-3-5-10(13)6-9/h3-8,11,14H,1-2H3,(H,15,16). The van der Waals surface area contributed by atoms with E-state index in [1.165, 1.54) is 0 Å². The van der Waals surface area contributed by atoms with Gasteiger partial charge >= 0.3 is 5.97 Å². The summed E-state index contributed by atoms with van der Waals surface area (Å²) in [5.74, 6) is -1.79. The van der Waals surface area contributed by atoms with E-state index in [-0.39, 0.29) is 5.92 Å². The number of aliphatic hydroxyl groups is 1. The second-order valence-electron chi connectivity index (χ2n) is 3.99. The van der Waals surface area contributed by atoms with Gasteiger partial charge in [-0.1, -0.05) is 41.9 Å². The molecule has 0 aliphatic heterocycles. The second-order valence-corrected chi connectivity index (χ2v) is 4.90. The average molecular weight is 287 g/mol. The third-order valence-corrected chi connectivity index (χ3v) is 3.36. The first-order chi connectivity index (χ1) is 7.43. The van der Waals surface area contributed by atoms with E-state index in [1.807, 2.05) is 12.1 Å². The van der Waals surface area contributed by atoms with Crippen molar-refractivity contribution in [1.29, 1.82) is 0 Å². The summed E-state index contributed by atoms with van der Waals surface area (Å²) < 4.78 is 0.874. The summed E-state index contributed by atoms with van der Waals surface area (Å²) in [7, 11) is 0. The molecule has 88 valence electrons. The maximum atomic E-state index is 10.8. The van der Waals surface area contributed by atoms with E-state index in [2.05, 4.69) is 15.9 Å². The normalized spacial score (nSPS) is 16.5. The van der Waals surface area contributed by atoms with Crippen molar-refractivity contribution in [2.24, 2.45) is 11.8 Å². The number of hydrogen-bond acceptors (Lipinski definition) is 2. The molecule has 3 unspecified atom stereocenters. The number of rotatable bonds is 4. The van der Waals surface area contributed by atoms with Crippen molar-refractivity contribution in [3.05, 3.63) is 34.3 Å². The molecule has 3 atom stereocenters. The highest BCUT2D eigenvalue weighted by atomic mass is 79.9.